The molecule has 0 heteroatoms. The average Bonchev–Trinajstić information content (AvgIpc) is 2.38. The Bertz CT molecular complexity index is 265. The first-order chi connectivity index (χ1) is 7.06. The van der Waals surface area contributed by atoms with Gasteiger partial charge in [0.1, 0.15) is 0 Å². The van der Waals surface area contributed by atoms with E-state index in [2.05, 4.69) is 20.8 Å². The summed E-state index contributed by atoms with van der Waals surface area (Å²) in [5.41, 5.74) is 1.38. The Labute approximate surface area is 94.8 Å². The lowest BCUT2D eigenvalue weighted by atomic mass is 9.50. The van der Waals surface area contributed by atoms with E-state index < -0.39 is 0 Å². The van der Waals surface area contributed by atoms with Crippen molar-refractivity contribution in [3.05, 3.63) is 0 Å². The zero-order valence-electron chi connectivity index (χ0n) is 10.7. The van der Waals surface area contributed by atoms with E-state index >= 15 is 0 Å². The molecule has 0 aromatic rings. The fourth-order valence-corrected chi connectivity index (χ4v) is 5.42. The Morgan fingerprint density at radius 2 is 1.87 bits per heavy atom. The summed E-state index contributed by atoms with van der Waals surface area (Å²) < 4.78 is 0. The number of hydrogen-bond acceptors (Lipinski definition) is 0. The van der Waals surface area contributed by atoms with Crippen LogP contribution in [0.15, 0.2) is 0 Å². The van der Waals surface area contributed by atoms with Crippen molar-refractivity contribution in [2.45, 2.75) is 65.7 Å². The van der Waals surface area contributed by atoms with Gasteiger partial charge in [0.25, 0.3) is 0 Å². The van der Waals surface area contributed by atoms with Crippen LogP contribution in [-0.4, -0.2) is 0 Å². The zero-order chi connectivity index (χ0) is 10.7. The lowest BCUT2D eigenvalue weighted by Crippen LogP contribution is -2.46. The van der Waals surface area contributed by atoms with Crippen LogP contribution in [0.1, 0.15) is 65.7 Å². The highest BCUT2D eigenvalue weighted by atomic mass is 14.6. The first-order valence-electron chi connectivity index (χ1n) is 7.06. The van der Waals surface area contributed by atoms with E-state index in [9.17, 15) is 0 Å². The van der Waals surface area contributed by atoms with Crippen molar-refractivity contribution >= 4 is 0 Å². The van der Waals surface area contributed by atoms with Crippen LogP contribution in [0.5, 0.6) is 0 Å². The molecule has 3 aliphatic rings. The van der Waals surface area contributed by atoms with Gasteiger partial charge in [-0.1, -0.05) is 40.0 Å². The maximum absolute atomic E-state index is 2.57. The van der Waals surface area contributed by atoms with Crippen molar-refractivity contribution in [3.8, 4) is 0 Å². The standard InChI is InChI=1S/C15H26/c1-11-9-13-7-6-12-5-4-8-15(13,10-12)14(11,2)3/h11-13H,4-10H2,1-3H3. The Morgan fingerprint density at radius 3 is 2.67 bits per heavy atom. The summed E-state index contributed by atoms with van der Waals surface area (Å²) in [6, 6.07) is 0. The molecule has 0 heterocycles. The van der Waals surface area contributed by atoms with E-state index in [1.165, 1.54) is 12.8 Å². The van der Waals surface area contributed by atoms with Crippen molar-refractivity contribution in [1.82, 2.24) is 0 Å². The topological polar surface area (TPSA) is 0 Å². The van der Waals surface area contributed by atoms with Gasteiger partial charge in [-0.15, -0.1) is 0 Å². The molecule has 0 nitrogen and oxygen atoms in total. The summed E-state index contributed by atoms with van der Waals surface area (Å²) in [4.78, 5) is 0. The lowest BCUT2D eigenvalue weighted by molar-refractivity contribution is -0.0488. The van der Waals surface area contributed by atoms with Gasteiger partial charge in [0, 0.05) is 0 Å². The fourth-order valence-electron chi connectivity index (χ4n) is 5.42. The zero-order valence-corrected chi connectivity index (χ0v) is 10.7. The highest BCUT2D eigenvalue weighted by Crippen LogP contribution is 2.69. The molecule has 3 saturated carbocycles. The van der Waals surface area contributed by atoms with Crippen molar-refractivity contribution in [2.75, 3.05) is 0 Å². The Balaban J connectivity index is 2.00. The summed E-state index contributed by atoms with van der Waals surface area (Å²) in [7, 11) is 0. The maximum Gasteiger partial charge on any atom is -0.0213 e. The van der Waals surface area contributed by atoms with Gasteiger partial charge < -0.3 is 0 Å². The molecule has 0 radical (unpaired) electrons. The Kier molecular flexibility index (Phi) is 2.05. The molecule has 15 heavy (non-hydrogen) atoms. The average molecular weight is 206 g/mol. The van der Waals surface area contributed by atoms with Gasteiger partial charge in [0.05, 0.1) is 0 Å². The monoisotopic (exact) mass is 206 g/mol. The molecule has 1 spiro atoms. The van der Waals surface area contributed by atoms with Gasteiger partial charge in [-0.05, 0) is 54.3 Å². The van der Waals surface area contributed by atoms with Crippen LogP contribution in [0, 0.1) is 28.6 Å². The lowest BCUT2D eigenvalue weighted by Gasteiger charge is -2.54. The quantitative estimate of drug-likeness (QED) is 0.541. The second-order valence-corrected chi connectivity index (χ2v) is 7.25. The van der Waals surface area contributed by atoms with E-state index in [1.54, 1.807) is 32.1 Å². The molecule has 0 saturated heterocycles. The predicted molar refractivity (Wildman–Crippen MR) is 64.7 cm³/mol. The molecule has 0 aromatic carbocycles. The van der Waals surface area contributed by atoms with E-state index in [-0.39, 0.29) is 0 Å². The second kappa shape index (κ2) is 3.02. The molecule has 4 atom stereocenters. The smallest absolute Gasteiger partial charge is 0.0213 e. The summed E-state index contributed by atoms with van der Waals surface area (Å²) in [6.45, 7) is 7.66. The summed E-state index contributed by atoms with van der Waals surface area (Å²) in [6.07, 6.45) is 10.8. The van der Waals surface area contributed by atoms with Crippen LogP contribution in [0.4, 0.5) is 0 Å². The van der Waals surface area contributed by atoms with E-state index in [4.69, 9.17) is 0 Å². The Morgan fingerprint density at radius 1 is 1.07 bits per heavy atom. The number of fused-ring (bicyclic) bond motifs is 1. The molecular weight excluding hydrogens is 180 g/mol. The first-order valence-corrected chi connectivity index (χ1v) is 7.06. The summed E-state index contributed by atoms with van der Waals surface area (Å²) >= 11 is 0. The molecular formula is C15H26. The summed E-state index contributed by atoms with van der Waals surface area (Å²) in [5, 5.41) is 0. The van der Waals surface area contributed by atoms with Crippen molar-refractivity contribution in [2.24, 2.45) is 28.6 Å². The highest BCUT2D eigenvalue weighted by molar-refractivity contribution is 5.09. The molecule has 2 bridgehead atoms. The minimum atomic E-state index is 0.622. The van der Waals surface area contributed by atoms with Gasteiger partial charge in [0.15, 0.2) is 0 Å². The minimum absolute atomic E-state index is 0.622. The van der Waals surface area contributed by atoms with Crippen LogP contribution in [0.2, 0.25) is 0 Å². The molecule has 0 aliphatic heterocycles. The SMILES string of the molecule is CC1CC2CCC3CCCC2(C3)C1(C)C. The summed E-state index contributed by atoms with van der Waals surface area (Å²) in [5.74, 6) is 3.14. The van der Waals surface area contributed by atoms with E-state index in [0.29, 0.717) is 5.41 Å². The fraction of sp³-hybridized carbons (Fsp3) is 1.00. The van der Waals surface area contributed by atoms with Gasteiger partial charge in [-0.25, -0.2) is 0 Å². The number of hydrogen-bond donors (Lipinski definition) is 0. The molecule has 0 N–H and O–H groups in total. The third kappa shape index (κ3) is 1.14. The van der Waals surface area contributed by atoms with Gasteiger partial charge in [0.2, 0.25) is 0 Å². The van der Waals surface area contributed by atoms with Crippen LogP contribution < -0.4 is 0 Å². The van der Waals surface area contributed by atoms with Gasteiger partial charge in [-0.2, -0.15) is 0 Å². The van der Waals surface area contributed by atoms with Crippen LogP contribution in [0.25, 0.3) is 0 Å². The maximum atomic E-state index is 2.57. The number of rotatable bonds is 0. The minimum Gasteiger partial charge on any atom is -0.0620 e. The predicted octanol–water partition coefficient (Wildman–Crippen LogP) is 4.64. The molecule has 3 rings (SSSR count). The largest absolute Gasteiger partial charge is 0.0620 e. The third-order valence-electron chi connectivity index (χ3n) is 6.75. The van der Waals surface area contributed by atoms with Crippen LogP contribution in [-0.2, 0) is 0 Å². The third-order valence-corrected chi connectivity index (χ3v) is 6.75. The van der Waals surface area contributed by atoms with Gasteiger partial charge in [-0.3, -0.25) is 0 Å². The van der Waals surface area contributed by atoms with Crippen molar-refractivity contribution < 1.29 is 0 Å². The molecule has 0 aromatic heterocycles. The van der Waals surface area contributed by atoms with E-state index in [1.807, 2.05) is 0 Å². The van der Waals surface area contributed by atoms with Crippen LogP contribution in [0.3, 0.4) is 0 Å². The highest BCUT2D eigenvalue weighted by Gasteiger charge is 2.60. The first kappa shape index (κ1) is 10.2. The normalized spacial score (nSPS) is 52.6. The van der Waals surface area contributed by atoms with Crippen molar-refractivity contribution in [1.29, 1.82) is 0 Å². The Hall–Kier alpha value is 0. The molecule has 86 valence electrons. The molecule has 0 amide bonds. The molecule has 3 aliphatic carbocycles. The second-order valence-electron chi connectivity index (χ2n) is 7.25. The molecule has 4 unspecified atom stereocenters. The van der Waals surface area contributed by atoms with Crippen molar-refractivity contribution in [3.63, 3.8) is 0 Å². The van der Waals surface area contributed by atoms with Gasteiger partial charge >= 0.3 is 0 Å². The van der Waals surface area contributed by atoms with E-state index in [0.717, 1.165) is 23.2 Å². The molecule has 3 fully saturated rings. The van der Waals surface area contributed by atoms with Crippen LogP contribution >= 0.6 is 0 Å².